The maximum absolute atomic E-state index is 13.4. The van der Waals surface area contributed by atoms with Crippen LogP contribution in [0.4, 0.5) is 0 Å². The van der Waals surface area contributed by atoms with Crippen LogP contribution in [0.25, 0.3) is 0 Å². The van der Waals surface area contributed by atoms with Crippen LogP contribution >= 0.6 is 0 Å². The molecule has 1 fully saturated rings. The summed E-state index contributed by atoms with van der Waals surface area (Å²) in [5, 5.41) is 26.3. The minimum atomic E-state index is -1.01. The normalized spacial score (nSPS) is 17.9. The van der Waals surface area contributed by atoms with Crippen LogP contribution in [0.3, 0.4) is 0 Å². The van der Waals surface area contributed by atoms with Gasteiger partial charge in [0.15, 0.2) is 11.5 Å². The number of rotatable bonds is 22. The number of likely N-dealkylation sites (tertiary alicyclic amines) is 1. The monoisotopic (exact) mass is 844 g/mol. The lowest BCUT2D eigenvalue weighted by molar-refractivity contribution is -0.152. The fourth-order valence-corrected chi connectivity index (χ4v) is 8.36. The van der Waals surface area contributed by atoms with Crippen molar-refractivity contribution >= 4 is 23.8 Å². The van der Waals surface area contributed by atoms with Crippen LogP contribution in [0.5, 0.6) is 11.5 Å². The summed E-state index contributed by atoms with van der Waals surface area (Å²) in [6.45, 7) is 7.39. The molecule has 5 rings (SSSR count). The fraction of sp³-hybridized carbons (Fsp3) is 0.542. The van der Waals surface area contributed by atoms with Crippen molar-refractivity contribution in [2.45, 2.75) is 141 Å². The predicted octanol–water partition coefficient (Wildman–Crippen LogP) is 5.99. The molecule has 0 radical (unpaired) electrons. The molecule has 6 N–H and O–H groups in total. The number of amides is 2. The first-order valence-electron chi connectivity index (χ1n) is 22.0. The summed E-state index contributed by atoms with van der Waals surface area (Å²) >= 11 is 0. The number of carbonyl (C=O) groups excluding carboxylic acids is 2. The van der Waals surface area contributed by atoms with Crippen molar-refractivity contribution in [1.82, 2.24) is 20.4 Å². The zero-order chi connectivity index (χ0) is 44.3. The van der Waals surface area contributed by atoms with Gasteiger partial charge >= 0.3 is 11.9 Å². The average Bonchev–Trinajstić information content (AvgIpc) is 3.79. The Labute approximate surface area is 362 Å². The number of aliphatic carboxylic acids is 2. The second kappa shape index (κ2) is 25.1. The van der Waals surface area contributed by atoms with Gasteiger partial charge in [0.1, 0.15) is 12.1 Å². The van der Waals surface area contributed by atoms with Gasteiger partial charge in [-0.05, 0) is 112 Å². The van der Waals surface area contributed by atoms with Crippen LogP contribution in [0, 0.1) is 0 Å². The first-order valence-corrected chi connectivity index (χ1v) is 22.0. The number of carbonyl (C=O) groups is 4. The molecule has 2 amide bonds. The molecule has 6 atom stereocenters. The third-order valence-corrected chi connectivity index (χ3v) is 12.0. The van der Waals surface area contributed by atoms with E-state index in [2.05, 4.69) is 48.7 Å². The van der Waals surface area contributed by atoms with Crippen LogP contribution < -0.4 is 25.8 Å². The molecule has 0 bridgehead atoms. The van der Waals surface area contributed by atoms with Gasteiger partial charge in [0.2, 0.25) is 11.8 Å². The molecule has 1 saturated heterocycles. The van der Waals surface area contributed by atoms with E-state index in [4.69, 9.17) is 15.2 Å². The summed E-state index contributed by atoms with van der Waals surface area (Å²) < 4.78 is 10.8. The molecule has 13 heteroatoms. The summed E-state index contributed by atoms with van der Waals surface area (Å²) in [7, 11) is 3.11. The number of ether oxygens (including phenoxy) is 2. The van der Waals surface area contributed by atoms with Crippen molar-refractivity contribution in [2.75, 3.05) is 27.3 Å². The van der Waals surface area contributed by atoms with E-state index >= 15 is 0 Å². The summed E-state index contributed by atoms with van der Waals surface area (Å²) in [4.78, 5) is 53.1. The molecule has 2 aliphatic rings. The van der Waals surface area contributed by atoms with E-state index in [9.17, 15) is 29.4 Å². The number of nitrogens with two attached hydrogens (primary N) is 1. The Balaban J connectivity index is 0.000000272. The molecular weight excluding hydrogens is 775 g/mol. The number of methoxy groups -OCH3 is 2. The van der Waals surface area contributed by atoms with Crippen LogP contribution in [0.15, 0.2) is 72.8 Å². The first-order chi connectivity index (χ1) is 29.4. The minimum Gasteiger partial charge on any atom is -0.493 e. The number of nitrogens with one attached hydrogen (secondary N) is 2. The molecule has 2 heterocycles. The molecule has 13 nitrogen and oxygen atoms in total. The third-order valence-electron chi connectivity index (χ3n) is 12.0. The number of hydrogen-bond acceptors (Lipinski definition) is 9. The molecule has 2 aliphatic heterocycles. The van der Waals surface area contributed by atoms with Crippen LogP contribution in [-0.2, 0) is 45.0 Å². The molecule has 0 saturated carbocycles. The van der Waals surface area contributed by atoms with Crippen molar-refractivity contribution in [1.29, 1.82) is 0 Å². The second-order valence-electron chi connectivity index (χ2n) is 16.2. The zero-order valence-electron chi connectivity index (χ0n) is 36.8. The lowest BCUT2D eigenvalue weighted by atomic mass is 9.92. The largest absolute Gasteiger partial charge is 0.493 e. The Kier molecular flexibility index (Phi) is 20.0. The number of unbranched alkanes of at least 4 members (excludes halogenated alkanes) is 1. The standard InChI is InChI=1S/C26H34N2O5.C22H35N3O3/c1-5-21(12-11-18-9-7-6-8-10-18)27-17(2)25(29)28-16-20-15-24(33-4)23(32-3)14-19(20)13-22(28)26(30)31;1-2-18(14-13-17-9-4-3-5-10-17)24-19(11-6-7-15-23)21(26)25-16-8-12-20(25)22(27)28/h6-10,14-15,17,21-22,27H,5,11-13,16H2,1-4H3,(H,30,31);3-5,9-10,18-20,24H,2,6-8,11-16,23H2,1H3,(H,27,28). The molecular formula is C48H69N5O8. The molecule has 0 aromatic heterocycles. The van der Waals surface area contributed by atoms with Gasteiger partial charge in [-0.15, -0.1) is 0 Å². The summed E-state index contributed by atoms with van der Waals surface area (Å²) in [5.41, 5.74) is 9.91. The zero-order valence-corrected chi connectivity index (χ0v) is 36.8. The number of carboxylic acids is 2. The SMILES string of the molecule is CCC(CCc1ccccc1)NC(C)C(=O)N1Cc2cc(OC)c(OC)cc2CC1C(=O)O.CCC(CCc1ccccc1)NC(CCCCN)C(=O)N1CCCC1C(=O)O. The minimum absolute atomic E-state index is 0.0694. The quantitative estimate of drug-likeness (QED) is 0.0749. The van der Waals surface area contributed by atoms with E-state index in [1.807, 2.05) is 55.5 Å². The van der Waals surface area contributed by atoms with Crippen LogP contribution in [-0.4, -0.2) is 107 Å². The number of carboxylic acid groups (broad SMARTS) is 2. The van der Waals surface area contributed by atoms with Gasteiger partial charge in [-0.25, -0.2) is 9.59 Å². The van der Waals surface area contributed by atoms with Gasteiger partial charge in [0, 0.05) is 31.6 Å². The summed E-state index contributed by atoms with van der Waals surface area (Å²) in [6.07, 6.45) is 9.49. The Hall–Kier alpha value is -4.98. The lowest BCUT2D eigenvalue weighted by Crippen LogP contribution is -2.55. The van der Waals surface area contributed by atoms with Crippen molar-refractivity contribution in [2.24, 2.45) is 5.73 Å². The smallest absolute Gasteiger partial charge is 0.326 e. The van der Waals surface area contributed by atoms with Crippen molar-refractivity contribution in [3.05, 3.63) is 95.1 Å². The third kappa shape index (κ3) is 14.3. The van der Waals surface area contributed by atoms with Gasteiger partial charge in [-0.3, -0.25) is 9.59 Å². The maximum Gasteiger partial charge on any atom is 0.326 e. The van der Waals surface area contributed by atoms with Gasteiger partial charge in [0.25, 0.3) is 0 Å². The number of nitrogens with zero attached hydrogens (tertiary/aromatic N) is 2. The van der Waals surface area contributed by atoms with Gasteiger partial charge in [-0.1, -0.05) is 80.9 Å². The summed E-state index contributed by atoms with van der Waals surface area (Å²) in [6, 6.07) is 22.2. The Morgan fingerprint density at radius 3 is 1.79 bits per heavy atom. The van der Waals surface area contributed by atoms with E-state index in [1.165, 1.54) is 16.0 Å². The van der Waals surface area contributed by atoms with Crippen molar-refractivity contribution in [3.8, 4) is 11.5 Å². The number of fused-ring (bicyclic) bond motifs is 1. The van der Waals surface area contributed by atoms with E-state index in [-0.39, 0.29) is 42.9 Å². The topological polar surface area (TPSA) is 184 Å². The number of hydrogen-bond donors (Lipinski definition) is 5. The molecule has 334 valence electrons. The molecule has 3 aromatic rings. The van der Waals surface area contributed by atoms with E-state index < -0.39 is 30.1 Å². The second-order valence-corrected chi connectivity index (χ2v) is 16.2. The Morgan fingerprint density at radius 1 is 0.738 bits per heavy atom. The molecule has 0 aliphatic carbocycles. The molecule has 6 unspecified atom stereocenters. The van der Waals surface area contributed by atoms with E-state index in [1.54, 1.807) is 19.1 Å². The maximum atomic E-state index is 13.4. The van der Waals surface area contributed by atoms with Crippen LogP contribution in [0.1, 0.15) is 101 Å². The predicted molar refractivity (Wildman–Crippen MR) is 238 cm³/mol. The summed E-state index contributed by atoms with van der Waals surface area (Å²) in [5.74, 6) is -1.06. The lowest BCUT2D eigenvalue weighted by Gasteiger charge is -2.37. The van der Waals surface area contributed by atoms with E-state index in [0.717, 1.165) is 68.9 Å². The highest BCUT2D eigenvalue weighted by atomic mass is 16.5. The highest BCUT2D eigenvalue weighted by Gasteiger charge is 2.39. The van der Waals surface area contributed by atoms with Crippen LogP contribution in [0.2, 0.25) is 0 Å². The highest BCUT2D eigenvalue weighted by molar-refractivity contribution is 5.88. The number of aryl methyl sites for hydroxylation is 2. The van der Waals surface area contributed by atoms with Gasteiger partial charge in [0.05, 0.1) is 26.3 Å². The Morgan fingerprint density at radius 2 is 1.28 bits per heavy atom. The van der Waals surface area contributed by atoms with Gasteiger partial charge < -0.3 is 45.9 Å². The number of benzene rings is 3. The Bertz CT molecular complexity index is 1830. The van der Waals surface area contributed by atoms with Crippen molar-refractivity contribution in [3.63, 3.8) is 0 Å². The molecule has 3 aromatic carbocycles. The van der Waals surface area contributed by atoms with Crippen molar-refractivity contribution < 1.29 is 38.9 Å². The molecule has 0 spiro atoms. The fourth-order valence-electron chi connectivity index (χ4n) is 8.36. The van der Waals surface area contributed by atoms with Gasteiger partial charge in [-0.2, -0.15) is 0 Å². The molecule has 61 heavy (non-hydrogen) atoms. The average molecular weight is 844 g/mol. The highest BCUT2D eigenvalue weighted by Crippen LogP contribution is 2.35. The van der Waals surface area contributed by atoms with E-state index in [0.29, 0.717) is 37.4 Å². The first kappa shape index (κ1) is 48.7.